The molecule has 1 amide bonds. The molecule has 0 radical (unpaired) electrons. The maximum atomic E-state index is 13.1. The first-order valence-corrected chi connectivity index (χ1v) is 8.83. The van der Waals surface area contributed by atoms with Crippen molar-refractivity contribution in [1.29, 1.82) is 5.26 Å². The summed E-state index contributed by atoms with van der Waals surface area (Å²) < 4.78 is 3.52. The van der Waals surface area contributed by atoms with Gasteiger partial charge >= 0.3 is 0 Å². The zero-order valence-electron chi connectivity index (χ0n) is 14.5. The van der Waals surface area contributed by atoms with Crippen LogP contribution in [0.15, 0.2) is 36.8 Å². The number of rotatable bonds is 3. The Labute approximate surface area is 150 Å². The molecule has 26 heavy (non-hydrogen) atoms. The van der Waals surface area contributed by atoms with E-state index in [4.69, 9.17) is 0 Å². The van der Waals surface area contributed by atoms with Crippen molar-refractivity contribution in [3.63, 3.8) is 0 Å². The van der Waals surface area contributed by atoms with Gasteiger partial charge in [0.05, 0.1) is 29.2 Å². The Bertz CT molecular complexity index is 1070. The summed E-state index contributed by atoms with van der Waals surface area (Å²) in [5.41, 5.74) is 2.59. The van der Waals surface area contributed by atoms with E-state index in [9.17, 15) is 10.1 Å². The molecule has 130 valence electrons. The Hall–Kier alpha value is -3.14. The monoisotopic (exact) mass is 346 g/mol. The largest absolute Gasteiger partial charge is 0.309 e. The second-order valence-electron chi connectivity index (χ2n) is 7.22. The summed E-state index contributed by atoms with van der Waals surface area (Å²) >= 11 is 0. The minimum Gasteiger partial charge on any atom is -0.309 e. The number of carbonyl (C=O) groups is 1. The molecule has 1 saturated carbocycles. The number of hydrogen-bond donors (Lipinski definition) is 0. The van der Waals surface area contributed by atoms with E-state index in [1.165, 1.54) is 0 Å². The number of nitriles is 1. The van der Waals surface area contributed by atoms with Gasteiger partial charge in [0.25, 0.3) is 0 Å². The minimum absolute atomic E-state index is 0.0558. The van der Waals surface area contributed by atoms with E-state index >= 15 is 0 Å². The third-order valence-electron chi connectivity index (χ3n) is 5.60. The van der Waals surface area contributed by atoms with Crippen LogP contribution < -0.4 is 4.90 Å². The molecule has 1 aliphatic heterocycles. The van der Waals surface area contributed by atoms with Gasteiger partial charge in [-0.2, -0.15) is 15.5 Å². The lowest BCUT2D eigenvalue weighted by atomic mass is 9.83. The van der Waals surface area contributed by atoms with Crippen molar-refractivity contribution in [2.24, 2.45) is 18.4 Å². The van der Waals surface area contributed by atoms with Crippen LogP contribution in [0.4, 0.5) is 5.69 Å². The highest BCUT2D eigenvalue weighted by Crippen LogP contribution is 2.52. The van der Waals surface area contributed by atoms with Gasteiger partial charge < -0.3 is 4.90 Å². The molecule has 2 aliphatic rings. The molecule has 7 heteroatoms. The summed E-state index contributed by atoms with van der Waals surface area (Å²) in [5.74, 6) is 0.167. The number of pyridine rings is 1. The van der Waals surface area contributed by atoms with Gasteiger partial charge in [-0.3, -0.25) is 9.48 Å². The number of anilines is 1. The molecule has 1 aliphatic carbocycles. The maximum Gasteiger partial charge on any atom is 0.247 e. The van der Waals surface area contributed by atoms with Gasteiger partial charge in [0.15, 0.2) is 0 Å². The molecule has 1 atom stereocenters. The second-order valence-corrected chi connectivity index (χ2v) is 7.22. The Morgan fingerprint density at radius 2 is 2.23 bits per heavy atom. The summed E-state index contributed by atoms with van der Waals surface area (Å²) in [4.78, 5) is 14.9. The summed E-state index contributed by atoms with van der Waals surface area (Å²) in [7, 11) is 1.87. The Morgan fingerprint density at radius 3 is 2.92 bits per heavy atom. The van der Waals surface area contributed by atoms with Crippen LogP contribution in [-0.2, 0) is 11.8 Å². The van der Waals surface area contributed by atoms with Crippen molar-refractivity contribution >= 4 is 17.1 Å². The molecule has 5 rings (SSSR count). The van der Waals surface area contributed by atoms with Crippen LogP contribution in [0.25, 0.3) is 16.8 Å². The quantitative estimate of drug-likeness (QED) is 0.729. The molecule has 0 N–H and O–H groups in total. The molecule has 1 saturated heterocycles. The molecule has 0 bridgehead atoms. The number of amides is 1. The van der Waals surface area contributed by atoms with Crippen LogP contribution in [0, 0.1) is 22.7 Å². The fourth-order valence-electron chi connectivity index (χ4n) is 4.04. The normalized spacial score (nSPS) is 22.9. The van der Waals surface area contributed by atoms with Gasteiger partial charge in [0.2, 0.25) is 5.91 Å². The Balaban J connectivity index is 1.58. The van der Waals surface area contributed by atoms with Crippen LogP contribution in [0.2, 0.25) is 0 Å². The topological polar surface area (TPSA) is 79.2 Å². The molecule has 0 unspecified atom stereocenters. The Kier molecular flexibility index (Phi) is 3.02. The lowest BCUT2D eigenvalue weighted by molar-refractivity contribution is -0.123. The third kappa shape index (κ3) is 2.02. The van der Waals surface area contributed by atoms with Crippen molar-refractivity contribution in [3.05, 3.63) is 36.8 Å². The van der Waals surface area contributed by atoms with Crippen molar-refractivity contribution in [3.8, 4) is 17.3 Å². The third-order valence-corrected chi connectivity index (χ3v) is 5.60. The molecule has 4 heterocycles. The average Bonchev–Trinajstić information content (AvgIpc) is 3.12. The van der Waals surface area contributed by atoms with Gasteiger partial charge in [-0.25, -0.2) is 4.52 Å². The first kappa shape index (κ1) is 15.1. The number of carbonyl (C=O) groups excluding carboxylic acids is 1. The molecule has 0 aromatic carbocycles. The molecular weight excluding hydrogens is 328 g/mol. The fourth-order valence-corrected chi connectivity index (χ4v) is 4.04. The Morgan fingerprint density at radius 1 is 1.38 bits per heavy atom. The van der Waals surface area contributed by atoms with Crippen molar-refractivity contribution in [2.45, 2.75) is 19.3 Å². The predicted octanol–water partition coefficient (Wildman–Crippen LogP) is 2.39. The van der Waals surface area contributed by atoms with E-state index in [1.54, 1.807) is 20.3 Å². The summed E-state index contributed by atoms with van der Waals surface area (Å²) in [6.07, 6.45) is 8.13. The highest BCUT2D eigenvalue weighted by Gasteiger charge is 2.56. The van der Waals surface area contributed by atoms with E-state index in [0.717, 1.165) is 35.3 Å². The van der Waals surface area contributed by atoms with Crippen molar-refractivity contribution in [2.75, 3.05) is 11.4 Å². The van der Waals surface area contributed by atoms with Crippen LogP contribution in [0.5, 0.6) is 0 Å². The predicted molar refractivity (Wildman–Crippen MR) is 95.1 cm³/mol. The van der Waals surface area contributed by atoms with E-state index < -0.39 is 5.41 Å². The molecule has 2 fully saturated rings. The molecule has 3 aromatic rings. The zero-order valence-corrected chi connectivity index (χ0v) is 14.5. The van der Waals surface area contributed by atoms with Crippen LogP contribution in [-0.4, -0.2) is 31.8 Å². The van der Waals surface area contributed by atoms with Crippen LogP contribution in [0.1, 0.15) is 19.3 Å². The molecule has 0 spiro atoms. The summed E-state index contributed by atoms with van der Waals surface area (Å²) in [5, 5.41) is 18.5. The molecule has 3 aromatic heterocycles. The number of nitrogens with zero attached hydrogens (tertiary/aromatic N) is 6. The van der Waals surface area contributed by atoms with Gasteiger partial charge in [-0.05, 0) is 43.4 Å². The van der Waals surface area contributed by atoms with Gasteiger partial charge in [-0.1, -0.05) is 0 Å². The van der Waals surface area contributed by atoms with E-state index in [-0.39, 0.29) is 11.8 Å². The molecule has 7 nitrogen and oxygen atoms in total. The van der Waals surface area contributed by atoms with Crippen LogP contribution >= 0.6 is 0 Å². The standard InChI is InChI=1S/C19H18N6O/c1-23-11-13(10-21-23)15-9-17-16(3-2-7-25(17)22-15)24-8-6-19(12-20,18(24)26)14-4-5-14/h2-3,7,9-11,14H,4-6,8H2,1H3/t19-/m1/s1. The first-order valence-electron chi connectivity index (χ1n) is 8.83. The van der Waals surface area contributed by atoms with Crippen molar-refractivity contribution < 1.29 is 4.79 Å². The van der Waals surface area contributed by atoms with E-state index in [2.05, 4.69) is 16.3 Å². The lowest BCUT2D eigenvalue weighted by Crippen LogP contribution is -2.35. The van der Waals surface area contributed by atoms with Crippen molar-refractivity contribution in [1.82, 2.24) is 19.4 Å². The highest BCUT2D eigenvalue weighted by molar-refractivity contribution is 6.05. The van der Waals surface area contributed by atoms with Gasteiger partial charge in [0, 0.05) is 31.5 Å². The minimum atomic E-state index is -0.834. The number of aryl methyl sites for hydroxylation is 1. The number of fused-ring (bicyclic) bond motifs is 1. The second kappa shape index (κ2) is 5.18. The first-order chi connectivity index (χ1) is 12.6. The summed E-state index contributed by atoms with van der Waals surface area (Å²) in [6.45, 7) is 0.579. The maximum absolute atomic E-state index is 13.1. The van der Waals surface area contributed by atoms with Crippen LogP contribution in [0.3, 0.4) is 0 Å². The number of hydrogen-bond acceptors (Lipinski definition) is 4. The zero-order chi connectivity index (χ0) is 17.9. The smallest absolute Gasteiger partial charge is 0.247 e. The summed E-state index contributed by atoms with van der Waals surface area (Å²) in [6, 6.07) is 8.14. The molecular formula is C19H18N6O. The lowest BCUT2D eigenvalue weighted by Gasteiger charge is -2.21. The SMILES string of the molecule is Cn1cc(-c2cc3c(N4CC[C@@](C#N)(C5CC5)C4=O)cccn3n2)cn1. The van der Waals surface area contributed by atoms with E-state index in [1.807, 2.05) is 37.6 Å². The van der Waals surface area contributed by atoms with Gasteiger partial charge in [0.1, 0.15) is 5.41 Å². The highest BCUT2D eigenvalue weighted by atomic mass is 16.2. The fraction of sp³-hybridized carbons (Fsp3) is 0.368. The average molecular weight is 346 g/mol. The van der Waals surface area contributed by atoms with Gasteiger partial charge in [-0.15, -0.1) is 0 Å². The number of aromatic nitrogens is 4. The van der Waals surface area contributed by atoms with E-state index in [0.29, 0.717) is 13.0 Å².